The van der Waals surface area contributed by atoms with Crippen molar-refractivity contribution in [3.8, 4) is 11.1 Å². The molecule has 2 aliphatic rings. The highest BCUT2D eigenvalue weighted by Gasteiger charge is 2.25. The van der Waals surface area contributed by atoms with E-state index in [-0.39, 0.29) is 11.8 Å². The minimum atomic E-state index is -0.273. The molecule has 0 aliphatic carbocycles. The summed E-state index contributed by atoms with van der Waals surface area (Å²) in [5, 5.41) is 9.39. The molecule has 0 saturated heterocycles. The van der Waals surface area contributed by atoms with E-state index in [1.54, 1.807) is 12.4 Å². The molecule has 1 aromatic carbocycles. The predicted molar refractivity (Wildman–Crippen MR) is 157 cm³/mol. The molecule has 41 heavy (non-hydrogen) atoms. The Bertz CT molecular complexity index is 1680. The molecule has 3 N–H and O–H groups in total. The van der Waals surface area contributed by atoms with Gasteiger partial charge in [-0.15, -0.1) is 0 Å². The molecule has 5 heterocycles. The van der Waals surface area contributed by atoms with Crippen LogP contribution in [-0.4, -0.2) is 60.9 Å². The average Bonchev–Trinajstić information content (AvgIpc) is 3.47. The van der Waals surface area contributed by atoms with Gasteiger partial charge < -0.3 is 30.0 Å². The van der Waals surface area contributed by atoms with E-state index in [0.29, 0.717) is 29.6 Å². The van der Waals surface area contributed by atoms with E-state index in [1.165, 1.54) is 0 Å². The molecule has 0 bridgehead atoms. The van der Waals surface area contributed by atoms with Crippen LogP contribution >= 0.6 is 0 Å². The van der Waals surface area contributed by atoms with Crippen LogP contribution in [0.1, 0.15) is 55.1 Å². The Hall–Kier alpha value is -4.35. The molecule has 2 aliphatic heterocycles. The number of benzene rings is 1. The SMILES string of the molecule is Cc1c(NC(=O)c2nc3c(n2C)CCNC3)cncc1-c1cccc(NC(=O)c2nc3c(n2C)CCN(C)C3)c1C. The number of anilines is 2. The highest BCUT2D eigenvalue weighted by Crippen LogP contribution is 2.33. The van der Waals surface area contributed by atoms with E-state index in [0.717, 1.165) is 77.5 Å². The number of nitrogens with zero attached hydrogens (tertiary/aromatic N) is 6. The minimum absolute atomic E-state index is 0.242. The van der Waals surface area contributed by atoms with Crippen LogP contribution < -0.4 is 16.0 Å². The van der Waals surface area contributed by atoms with Crippen molar-refractivity contribution in [2.45, 2.75) is 39.8 Å². The van der Waals surface area contributed by atoms with E-state index in [1.807, 2.05) is 55.3 Å². The van der Waals surface area contributed by atoms with Crippen LogP contribution in [0.4, 0.5) is 11.4 Å². The summed E-state index contributed by atoms with van der Waals surface area (Å²) < 4.78 is 3.79. The number of fused-ring (bicyclic) bond motifs is 2. The number of carbonyl (C=O) groups excluding carboxylic acids is 2. The van der Waals surface area contributed by atoms with Gasteiger partial charge in [-0.05, 0) is 43.7 Å². The fourth-order valence-corrected chi connectivity index (χ4v) is 5.86. The van der Waals surface area contributed by atoms with Crippen LogP contribution in [0, 0.1) is 13.8 Å². The topological polar surface area (TPSA) is 122 Å². The van der Waals surface area contributed by atoms with Gasteiger partial charge in [-0.2, -0.15) is 0 Å². The average molecular weight is 554 g/mol. The van der Waals surface area contributed by atoms with Crippen molar-refractivity contribution in [3.05, 3.63) is 76.1 Å². The van der Waals surface area contributed by atoms with Gasteiger partial charge in [0.25, 0.3) is 11.8 Å². The molecule has 0 unspecified atom stereocenters. The summed E-state index contributed by atoms with van der Waals surface area (Å²) in [6.45, 7) is 7.16. The van der Waals surface area contributed by atoms with E-state index in [4.69, 9.17) is 0 Å². The number of imidazole rings is 2. The van der Waals surface area contributed by atoms with Crippen molar-refractivity contribution in [2.24, 2.45) is 14.1 Å². The Morgan fingerprint density at radius 3 is 2.22 bits per heavy atom. The standard InChI is InChI=1S/C30H35N9O2/c1-17-19(7-6-8-21(17)35-29(40)28-34-24-16-37(3)12-10-26(24)39(28)5)20-13-32-14-22(18(20)2)36-30(41)27-33-23-15-31-11-9-25(23)38(27)4/h6-8,13-14,31H,9-12,15-16H2,1-5H3,(H,35,40)(H,36,41). The molecule has 11 heteroatoms. The minimum Gasteiger partial charge on any atom is -0.327 e. The summed E-state index contributed by atoms with van der Waals surface area (Å²) in [4.78, 5) is 42.5. The molecule has 4 aromatic rings. The lowest BCUT2D eigenvalue weighted by Crippen LogP contribution is -2.27. The molecule has 0 atom stereocenters. The molecule has 212 valence electrons. The van der Waals surface area contributed by atoms with Gasteiger partial charge in [0.05, 0.1) is 23.3 Å². The summed E-state index contributed by atoms with van der Waals surface area (Å²) in [7, 11) is 5.85. The van der Waals surface area contributed by atoms with Crippen molar-refractivity contribution in [1.29, 1.82) is 0 Å². The molecule has 0 radical (unpaired) electrons. The Kier molecular flexibility index (Phi) is 6.92. The Morgan fingerprint density at radius 1 is 0.829 bits per heavy atom. The second kappa shape index (κ2) is 10.6. The van der Waals surface area contributed by atoms with Crippen molar-refractivity contribution in [2.75, 3.05) is 30.8 Å². The van der Waals surface area contributed by atoms with Crippen molar-refractivity contribution in [3.63, 3.8) is 0 Å². The Balaban J connectivity index is 1.25. The van der Waals surface area contributed by atoms with Crippen molar-refractivity contribution < 1.29 is 9.59 Å². The van der Waals surface area contributed by atoms with Gasteiger partial charge in [0.15, 0.2) is 11.6 Å². The zero-order chi connectivity index (χ0) is 28.8. The molecule has 2 amide bonds. The zero-order valence-corrected chi connectivity index (χ0v) is 24.1. The van der Waals surface area contributed by atoms with Crippen molar-refractivity contribution >= 4 is 23.2 Å². The van der Waals surface area contributed by atoms with Crippen LogP contribution in [0.5, 0.6) is 0 Å². The van der Waals surface area contributed by atoms with Crippen molar-refractivity contribution in [1.82, 2.24) is 34.3 Å². The number of pyridine rings is 1. The van der Waals surface area contributed by atoms with Gasteiger partial charge in [-0.3, -0.25) is 14.6 Å². The third-order valence-electron chi connectivity index (χ3n) is 8.32. The monoisotopic (exact) mass is 553 g/mol. The number of aromatic nitrogens is 5. The highest BCUT2D eigenvalue weighted by molar-refractivity contribution is 6.04. The molecule has 0 fully saturated rings. The maximum absolute atomic E-state index is 13.3. The third-order valence-corrected chi connectivity index (χ3v) is 8.32. The van der Waals surface area contributed by atoms with E-state index in [2.05, 4.69) is 42.8 Å². The van der Waals surface area contributed by atoms with E-state index in [9.17, 15) is 9.59 Å². The van der Waals surface area contributed by atoms with Crippen LogP contribution in [0.25, 0.3) is 11.1 Å². The number of amides is 2. The lowest BCUT2D eigenvalue weighted by Gasteiger charge is -2.21. The van der Waals surface area contributed by atoms with Crippen LogP contribution in [0.2, 0.25) is 0 Å². The van der Waals surface area contributed by atoms with Crippen LogP contribution in [0.15, 0.2) is 30.6 Å². The van der Waals surface area contributed by atoms with Crippen LogP contribution in [0.3, 0.4) is 0 Å². The summed E-state index contributed by atoms with van der Waals surface area (Å²) >= 11 is 0. The first kappa shape index (κ1) is 26.9. The molecule has 3 aromatic heterocycles. The first-order valence-electron chi connectivity index (χ1n) is 13.9. The second-order valence-electron chi connectivity index (χ2n) is 10.9. The lowest BCUT2D eigenvalue weighted by molar-refractivity contribution is 0.100. The summed E-state index contributed by atoms with van der Waals surface area (Å²) in [6, 6.07) is 5.79. The zero-order valence-electron chi connectivity index (χ0n) is 24.1. The van der Waals surface area contributed by atoms with Gasteiger partial charge in [-0.1, -0.05) is 12.1 Å². The third kappa shape index (κ3) is 4.81. The largest absolute Gasteiger partial charge is 0.327 e. The first-order valence-corrected chi connectivity index (χ1v) is 13.9. The Morgan fingerprint density at radius 2 is 1.49 bits per heavy atom. The molecule has 6 rings (SSSR count). The van der Waals surface area contributed by atoms with Crippen LogP contribution in [-0.2, 0) is 40.0 Å². The summed E-state index contributed by atoms with van der Waals surface area (Å²) in [6.07, 6.45) is 5.15. The van der Waals surface area contributed by atoms with Gasteiger partial charge in [0.2, 0.25) is 0 Å². The maximum atomic E-state index is 13.3. The number of hydrogen-bond donors (Lipinski definition) is 3. The van der Waals surface area contributed by atoms with Gasteiger partial charge in [-0.25, -0.2) is 9.97 Å². The number of rotatable bonds is 5. The fourth-order valence-electron chi connectivity index (χ4n) is 5.86. The smallest absolute Gasteiger partial charge is 0.291 e. The number of hydrogen-bond acceptors (Lipinski definition) is 7. The summed E-state index contributed by atoms with van der Waals surface area (Å²) in [5.74, 6) is 0.274. The molecule has 0 saturated carbocycles. The molecular weight excluding hydrogens is 518 g/mol. The van der Waals surface area contributed by atoms with Gasteiger partial charge in [0.1, 0.15) is 0 Å². The summed E-state index contributed by atoms with van der Waals surface area (Å²) in [5.41, 5.74) is 8.96. The van der Waals surface area contributed by atoms with Gasteiger partial charge >= 0.3 is 0 Å². The molecular formula is C30H35N9O2. The number of carbonyl (C=O) groups is 2. The number of nitrogens with one attached hydrogen (secondary N) is 3. The normalized spacial score (nSPS) is 14.9. The van der Waals surface area contributed by atoms with E-state index < -0.39 is 0 Å². The Labute approximate surface area is 239 Å². The number of likely N-dealkylation sites (N-methyl/N-ethyl adjacent to an activating group) is 1. The lowest BCUT2D eigenvalue weighted by atomic mass is 9.96. The van der Waals surface area contributed by atoms with E-state index >= 15 is 0 Å². The molecule has 11 nitrogen and oxygen atoms in total. The fraction of sp³-hybridized carbons (Fsp3) is 0.367. The molecule has 0 spiro atoms. The first-order chi connectivity index (χ1) is 19.7. The quantitative estimate of drug-likeness (QED) is 0.347. The second-order valence-corrected chi connectivity index (χ2v) is 10.9. The van der Waals surface area contributed by atoms with Gasteiger partial charge in [0, 0.05) is 82.0 Å². The highest BCUT2D eigenvalue weighted by atomic mass is 16.2. The predicted octanol–water partition coefficient (Wildman–Crippen LogP) is 2.97. The maximum Gasteiger partial charge on any atom is 0.291 e.